The first-order chi connectivity index (χ1) is 15.8. The molecular formula is C24H20ClF2N3O3. The smallest absolute Gasteiger partial charge is 0.291 e. The van der Waals surface area contributed by atoms with Gasteiger partial charge in [0.05, 0.1) is 23.6 Å². The number of ether oxygens (including phenoxy) is 1. The third-order valence-electron chi connectivity index (χ3n) is 4.99. The Balaban J connectivity index is 1.42. The first-order valence-electron chi connectivity index (χ1n) is 10.1. The summed E-state index contributed by atoms with van der Waals surface area (Å²) in [5.74, 6) is -1.71. The number of anilines is 1. The second kappa shape index (κ2) is 9.46. The molecule has 0 saturated carbocycles. The quantitative estimate of drug-likeness (QED) is 0.364. The second-order valence-corrected chi connectivity index (χ2v) is 7.85. The van der Waals surface area contributed by atoms with Crippen molar-refractivity contribution in [2.45, 2.75) is 27.0 Å². The summed E-state index contributed by atoms with van der Waals surface area (Å²) in [6, 6.07) is 13.5. The summed E-state index contributed by atoms with van der Waals surface area (Å²) in [7, 11) is 0. The molecule has 2 heterocycles. The van der Waals surface area contributed by atoms with Crippen LogP contribution in [0.3, 0.4) is 0 Å². The third kappa shape index (κ3) is 5.23. The van der Waals surface area contributed by atoms with E-state index in [0.717, 1.165) is 23.4 Å². The Hall–Kier alpha value is -3.65. The van der Waals surface area contributed by atoms with E-state index in [4.69, 9.17) is 20.8 Å². The number of rotatable bonds is 7. The highest BCUT2D eigenvalue weighted by Crippen LogP contribution is 2.23. The van der Waals surface area contributed by atoms with E-state index in [1.165, 1.54) is 12.1 Å². The molecule has 4 aromatic rings. The van der Waals surface area contributed by atoms with Gasteiger partial charge in [-0.15, -0.1) is 0 Å². The van der Waals surface area contributed by atoms with Crippen LogP contribution in [0.4, 0.5) is 14.5 Å². The topological polar surface area (TPSA) is 69.3 Å². The number of benzene rings is 2. The normalized spacial score (nSPS) is 10.9. The predicted octanol–water partition coefficient (Wildman–Crippen LogP) is 5.90. The van der Waals surface area contributed by atoms with Crippen molar-refractivity contribution in [2.75, 3.05) is 5.32 Å². The fraction of sp³-hybridized carbons (Fsp3) is 0.167. The van der Waals surface area contributed by atoms with Crippen LogP contribution in [0.25, 0.3) is 0 Å². The van der Waals surface area contributed by atoms with Gasteiger partial charge in [0.15, 0.2) is 17.3 Å². The summed E-state index contributed by atoms with van der Waals surface area (Å²) in [5.41, 5.74) is 3.01. The summed E-state index contributed by atoms with van der Waals surface area (Å²) in [4.78, 5) is 12.7. The van der Waals surface area contributed by atoms with Gasteiger partial charge in [0.25, 0.3) is 5.91 Å². The molecule has 33 heavy (non-hydrogen) atoms. The van der Waals surface area contributed by atoms with E-state index in [1.807, 2.05) is 25.1 Å². The van der Waals surface area contributed by atoms with Crippen LogP contribution in [0.15, 0.2) is 59.0 Å². The van der Waals surface area contributed by atoms with Crippen molar-refractivity contribution in [3.8, 4) is 5.75 Å². The maximum Gasteiger partial charge on any atom is 0.291 e. The minimum Gasteiger partial charge on any atom is -0.483 e. The molecule has 0 atom stereocenters. The number of halogens is 3. The Bertz CT molecular complexity index is 1320. The number of amides is 1. The fourth-order valence-electron chi connectivity index (χ4n) is 3.33. The van der Waals surface area contributed by atoms with Crippen molar-refractivity contribution < 1.29 is 22.7 Å². The van der Waals surface area contributed by atoms with Gasteiger partial charge in [-0.3, -0.25) is 9.48 Å². The molecule has 0 saturated heterocycles. The summed E-state index contributed by atoms with van der Waals surface area (Å²) in [5, 5.41) is 7.98. The van der Waals surface area contributed by atoms with Gasteiger partial charge in [0.1, 0.15) is 18.2 Å². The molecule has 1 N–H and O–H groups in total. The van der Waals surface area contributed by atoms with E-state index in [2.05, 4.69) is 10.4 Å². The number of aryl methyl sites for hydroxylation is 1. The molecule has 2 aromatic carbocycles. The number of furan rings is 1. The van der Waals surface area contributed by atoms with Gasteiger partial charge in [0.2, 0.25) is 0 Å². The third-order valence-corrected chi connectivity index (χ3v) is 5.23. The molecule has 0 fully saturated rings. The Morgan fingerprint density at radius 2 is 1.97 bits per heavy atom. The number of carbonyl (C=O) groups is 1. The number of hydrogen-bond acceptors (Lipinski definition) is 4. The largest absolute Gasteiger partial charge is 0.483 e. The molecule has 0 aliphatic carbocycles. The van der Waals surface area contributed by atoms with Crippen LogP contribution in [0.1, 0.15) is 33.3 Å². The zero-order valence-electron chi connectivity index (χ0n) is 17.9. The minimum absolute atomic E-state index is 0.0644. The molecule has 0 spiro atoms. The monoisotopic (exact) mass is 471 g/mol. The molecule has 0 radical (unpaired) electrons. The average Bonchev–Trinajstić information content (AvgIpc) is 3.34. The van der Waals surface area contributed by atoms with Crippen LogP contribution < -0.4 is 10.1 Å². The lowest BCUT2D eigenvalue weighted by Gasteiger charge is -2.07. The van der Waals surface area contributed by atoms with Crippen LogP contribution in [-0.4, -0.2) is 15.7 Å². The first kappa shape index (κ1) is 22.5. The molecule has 4 rings (SSSR count). The number of nitrogens with one attached hydrogen (secondary N) is 1. The van der Waals surface area contributed by atoms with E-state index in [9.17, 15) is 13.6 Å². The molecular weight excluding hydrogens is 452 g/mol. The van der Waals surface area contributed by atoms with E-state index in [-0.39, 0.29) is 18.1 Å². The molecule has 0 aliphatic rings. The van der Waals surface area contributed by atoms with E-state index in [0.29, 0.717) is 28.7 Å². The standard InChI is InChI=1S/C24H20ClF2N3O3/c1-14-23(15(2)30(29-14)12-16-4-3-5-17(25)10-16)28-24(31)22-9-7-19(33-22)13-32-21-8-6-18(26)11-20(21)27/h3-11H,12-13H2,1-2H3,(H,28,31). The highest BCUT2D eigenvalue weighted by atomic mass is 35.5. The maximum absolute atomic E-state index is 13.7. The summed E-state index contributed by atoms with van der Waals surface area (Å²) in [6.07, 6.45) is 0. The van der Waals surface area contributed by atoms with Crippen molar-refractivity contribution in [3.63, 3.8) is 0 Å². The van der Waals surface area contributed by atoms with Crippen molar-refractivity contribution in [1.29, 1.82) is 0 Å². The number of aromatic nitrogens is 2. The SMILES string of the molecule is Cc1nn(Cc2cccc(Cl)c2)c(C)c1NC(=O)c1ccc(COc2ccc(F)cc2F)o1. The van der Waals surface area contributed by atoms with Gasteiger partial charge in [-0.25, -0.2) is 8.78 Å². The van der Waals surface area contributed by atoms with E-state index < -0.39 is 17.5 Å². The van der Waals surface area contributed by atoms with Gasteiger partial charge >= 0.3 is 0 Å². The molecule has 9 heteroatoms. The van der Waals surface area contributed by atoms with Gasteiger partial charge in [-0.1, -0.05) is 23.7 Å². The predicted molar refractivity (Wildman–Crippen MR) is 120 cm³/mol. The molecule has 6 nitrogen and oxygen atoms in total. The molecule has 0 bridgehead atoms. The van der Waals surface area contributed by atoms with Gasteiger partial charge in [0, 0.05) is 11.1 Å². The Morgan fingerprint density at radius 3 is 2.73 bits per heavy atom. The van der Waals surface area contributed by atoms with E-state index >= 15 is 0 Å². The van der Waals surface area contributed by atoms with Crippen LogP contribution >= 0.6 is 11.6 Å². The number of hydrogen-bond donors (Lipinski definition) is 1. The summed E-state index contributed by atoms with van der Waals surface area (Å²) < 4.78 is 39.3. The first-order valence-corrected chi connectivity index (χ1v) is 10.4. The zero-order chi connectivity index (χ0) is 23.5. The molecule has 0 unspecified atom stereocenters. The lowest BCUT2D eigenvalue weighted by Crippen LogP contribution is -2.12. The zero-order valence-corrected chi connectivity index (χ0v) is 18.6. The Morgan fingerprint density at radius 1 is 1.15 bits per heavy atom. The summed E-state index contributed by atoms with van der Waals surface area (Å²) >= 11 is 6.06. The lowest BCUT2D eigenvalue weighted by molar-refractivity contribution is 0.0992. The maximum atomic E-state index is 13.7. The van der Waals surface area contributed by atoms with Crippen molar-refractivity contribution >= 4 is 23.2 Å². The average molecular weight is 472 g/mol. The minimum atomic E-state index is -0.819. The Kier molecular flexibility index (Phi) is 6.46. The van der Waals surface area contributed by atoms with Crippen LogP contribution in [0.5, 0.6) is 5.75 Å². The van der Waals surface area contributed by atoms with Gasteiger partial charge in [-0.05, 0) is 55.8 Å². The Labute approximate surface area is 193 Å². The van der Waals surface area contributed by atoms with Crippen molar-refractivity contribution in [3.05, 3.63) is 99.7 Å². The number of nitrogens with zero attached hydrogens (tertiary/aromatic N) is 2. The molecule has 170 valence electrons. The van der Waals surface area contributed by atoms with E-state index in [1.54, 1.807) is 23.7 Å². The lowest BCUT2D eigenvalue weighted by atomic mass is 10.2. The highest BCUT2D eigenvalue weighted by molar-refractivity contribution is 6.30. The molecule has 0 aliphatic heterocycles. The molecule has 2 aromatic heterocycles. The van der Waals surface area contributed by atoms with Crippen LogP contribution in [0, 0.1) is 25.5 Å². The highest BCUT2D eigenvalue weighted by Gasteiger charge is 2.18. The fourth-order valence-corrected chi connectivity index (χ4v) is 3.55. The van der Waals surface area contributed by atoms with Gasteiger partial charge in [-0.2, -0.15) is 5.10 Å². The van der Waals surface area contributed by atoms with Crippen LogP contribution in [0.2, 0.25) is 5.02 Å². The van der Waals surface area contributed by atoms with Crippen molar-refractivity contribution in [2.24, 2.45) is 0 Å². The number of carbonyl (C=O) groups excluding carboxylic acids is 1. The second-order valence-electron chi connectivity index (χ2n) is 7.42. The van der Waals surface area contributed by atoms with Crippen molar-refractivity contribution in [1.82, 2.24) is 9.78 Å². The van der Waals surface area contributed by atoms with Crippen LogP contribution in [-0.2, 0) is 13.2 Å². The molecule has 1 amide bonds. The summed E-state index contributed by atoms with van der Waals surface area (Å²) in [6.45, 7) is 4.05. The van der Waals surface area contributed by atoms with Gasteiger partial charge < -0.3 is 14.5 Å².